The normalized spacial score (nSPS) is 13.3. The summed E-state index contributed by atoms with van der Waals surface area (Å²) in [6.45, 7) is 0. The molecule has 0 radical (unpaired) electrons. The molecule has 2 aliphatic rings. The van der Waals surface area contributed by atoms with Crippen molar-refractivity contribution in [2.75, 3.05) is 10.6 Å². The number of benzene rings is 8. The summed E-state index contributed by atoms with van der Waals surface area (Å²) in [7, 11) is 0. The van der Waals surface area contributed by atoms with Crippen LogP contribution in [0.5, 0.6) is 0 Å². The van der Waals surface area contributed by atoms with Gasteiger partial charge in [-0.15, -0.1) is 0 Å². The summed E-state index contributed by atoms with van der Waals surface area (Å²) >= 11 is 0. The van der Waals surface area contributed by atoms with E-state index in [1.165, 1.54) is 66.1 Å². The van der Waals surface area contributed by atoms with Crippen LogP contribution >= 0.6 is 0 Å². The van der Waals surface area contributed by atoms with Crippen LogP contribution in [0.25, 0.3) is 43.8 Å². The summed E-state index contributed by atoms with van der Waals surface area (Å²) in [4.78, 5) is 0. The standard InChI is InChI=1S/C45H30N2/c1-3-15-33-29(11-1)13-9-21-43(33)46-31-23-25-37-38-26-24-32(47-44-22-10-14-30-12-2-4-16-34(30)44)28-42(38)45(41(37)27-31)39-19-7-5-17-35(39)36-18-6-8-20-40(36)45/h1-28,46-47H. The van der Waals surface area contributed by atoms with E-state index in [0.29, 0.717) is 0 Å². The number of rotatable bonds is 4. The van der Waals surface area contributed by atoms with Gasteiger partial charge >= 0.3 is 0 Å². The Bertz CT molecular complexity index is 2350. The molecule has 10 rings (SSSR count). The number of fused-ring (bicyclic) bond motifs is 12. The van der Waals surface area contributed by atoms with Crippen molar-refractivity contribution >= 4 is 44.3 Å². The summed E-state index contributed by atoms with van der Waals surface area (Å²) in [6.07, 6.45) is 0. The Hall–Kier alpha value is -6.12. The van der Waals surface area contributed by atoms with Gasteiger partial charge in [0.05, 0.1) is 5.41 Å². The van der Waals surface area contributed by atoms with Crippen molar-refractivity contribution in [1.29, 1.82) is 0 Å². The fourth-order valence-electron chi connectivity index (χ4n) is 8.27. The fourth-order valence-corrected chi connectivity index (χ4v) is 8.27. The van der Waals surface area contributed by atoms with Crippen LogP contribution in [0.4, 0.5) is 22.7 Å². The largest absolute Gasteiger partial charge is 0.355 e. The molecule has 2 aliphatic carbocycles. The second kappa shape index (κ2) is 9.94. The lowest BCUT2D eigenvalue weighted by Gasteiger charge is -2.31. The van der Waals surface area contributed by atoms with E-state index in [1.807, 2.05) is 0 Å². The Morgan fingerprint density at radius 1 is 0.319 bits per heavy atom. The van der Waals surface area contributed by atoms with Crippen LogP contribution in [-0.2, 0) is 5.41 Å². The zero-order valence-electron chi connectivity index (χ0n) is 25.7. The first kappa shape index (κ1) is 26.1. The second-order valence-electron chi connectivity index (χ2n) is 12.7. The van der Waals surface area contributed by atoms with Crippen LogP contribution in [-0.4, -0.2) is 0 Å². The Kier molecular flexibility index (Phi) is 5.53. The van der Waals surface area contributed by atoms with E-state index in [4.69, 9.17) is 0 Å². The number of hydrogen-bond donors (Lipinski definition) is 2. The minimum absolute atomic E-state index is 0.440. The van der Waals surface area contributed by atoms with Gasteiger partial charge in [-0.25, -0.2) is 0 Å². The third-order valence-corrected chi connectivity index (χ3v) is 10.2. The van der Waals surface area contributed by atoms with E-state index >= 15 is 0 Å². The average Bonchev–Trinajstić information content (AvgIpc) is 3.59. The zero-order valence-corrected chi connectivity index (χ0v) is 25.7. The molecule has 0 atom stereocenters. The first-order chi connectivity index (χ1) is 23.3. The maximum absolute atomic E-state index is 3.81. The molecule has 2 N–H and O–H groups in total. The van der Waals surface area contributed by atoms with Crippen LogP contribution in [0.3, 0.4) is 0 Å². The summed E-state index contributed by atoms with van der Waals surface area (Å²) in [5.41, 5.74) is 14.5. The lowest BCUT2D eigenvalue weighted by molar-refractivity contribution is 0.794. The molecule has 2 heteroatoms. The zero-order chi connectivity index (χ0) is 31.0. The average molecular weight is 599 g/mol. The van der Waals surface area contributed by atoms with Gasteiger partial charge in [-0.1, -0.05) is 133 Å². The molecule has 8 aromatic rings. The van der Waals surface area contributed by atoms with Gasteiger partial charge in [-0.3, -0.25) is 0 Å². The van der Waals surface area contributed by atoms with Crippen LogP contribution < -0.4 is 10.6 Å². The molecule has 0 bridgehead atoms. The van der Waals surface area contributed by atoms with Gasteiger partial charge in [-0.2, -0.15) is 0 Å². The van der Waals surface area contributed by atoms with E-state index in [0.717, 1.165) is 22.7 Å². The summed E-state index contributed by atoms with van der Waals surface area (Å²) in [6, 6.07) is 62.0. The third-order valence-electron chi connectivity index (χ3n) is 10.2. The molecule has 0 saturated heterocycles. The van der Waals surface area contributed by atoms with Gasteiger partial charge in [0.1, 0.15) is 0 Å². The van der Waals surface area contributed by atoms with Crippen LogP contribution in [0.15, 0.2) is 170 Å². The number of nitrogens with one attached hydrogen (secondary N) is 2. The van der Waals surface area contributed by atoms with Crippen LogP contribution in [0.1, 0.15) is 22.3 Å². The molecule has 0 amide bonds. The smallest absolute Gasteiger partial charge is 0.0727 e. The molecule has 0 aromatic heterocycles. The monoisotopic (exact) mass is 598 g/mol. The molecule has 8 aromatic carbocycles. The van der Waals surface area contributed by atoms with Gasteiger partial charge in [0.15, 0.2) is 0 Å². The van der Waals surface area contributed by atoms with E-state index in [-0.39, 0.29) is 0 Å². The van der Waals surface area contributed by atoms with Gasteiger partial charge < -0.3 is 10.6 Å². The van der Waals surface area contributed by atoms with E-state index < -0.39 is 5.41 Å². The molecule has 0 heterocycles. The molecule has 0 unspecified atom stereocenters. The molecule has 0 saturated carbocycles. The molecule has 0 fully saturated rings. The van der Waals surface area contributed by atoms with Crippen LogP contribution in [0, 0.1) is 0 Å². The van der Waals surface area contributed by atoms with Crippen molar-refractivity contribution in [3.05, 3.63) is 192 Å². The Morgan fingerprint density at radius 3 is 1.23 bits per heavy atom. The highest BCUT2D eigenvalue weighted by molar-refractivity contribution is 5.99. The lowest BCUT2D eigenvalue weighted by atomic mass is 9.70. The van der Waals surface area contributed by atoms with Gasteiger partial charge in [0.25, 0.3) is 0 Å². The summed E-state index contributed by atoms with van der Waals surface area (Å²) < 4.78 is 0. The molecule has 1 spiro atoms. The van der Waals surface area contributed by atoms with Gasteiger partial charge in [-0.05, 0) is 91.7 Å². The molecule has 220 valence electrons. The van der Waals surface area contributed by atoms with E-state index in [1.54, 1.807) is 0 Å². The molecular weight excluding hydrogens is 569 g/mol. The minimum Gasteiger partial charge on any atom is -0.355 e. The topological polar surface area (TPSA) is 24.1 Å². The van der Waals surface area contributed by atoms with E-state index in [9.17, 15) is 0 Å². The predicted octanol–water partition coefficient (Wildman–Crippen LogP) is 11.8. The highest BCUT2D eigenvalue weighted by Crippen LogP contribution is 2.63. The van der Waals surface area contributed by atoms with Crippen molar-refractivity contribution in [3.8, 4) is 22.3 Å². The fraction of sp³-hybridized carbons (Fsp3) is 0.0222. The predicted molar refractivity (Wildman–Crippen MR) is 197 cm³/mol. The summed E-state index contributed by atoms with van der Waals surface area (Å²) in [5, 5.41) is 12.5. The van der Waals surface area contributed by atoms with Crippen molar-refractivity contribution < 1.29 is 0 Å². The van der Waals surface area contributed by atoms with Crippen molar-refractivity contribution in [3.63, 3.8) is 0 Å². The molecule has 2 nitrogen and oxygen atoms in total. The van der Waals surface area contributed by atoms with Crippen molar-refractivity contribution in [2.24, 2.45) is 0 Å². The number of hydrogen-bond acceptors (Lipinski definition) is 2. The minimum atomic E-state index is -0.440. The first-order valence-corrected chi connectivity index (χ1v) is 16.3. The Labute approximate surface area is 274 Å². The SMILES string of the molecule is c1ccc2c(c1)-c1ccccc1C21c2cc(Nc3cccc4ccccc34)ccc2-c2ccc(Nc3cccc4ccccc34)cc21. The van der Waals surface area contributed by atoms with Crippen LogP contribution in [0.2, 0.25) is 0 Å². The van der Waals surface area contributed by atoms with Crippen molar-refractivity contribution in [2.45, 2.75) is 5.41 Å². The quantitative estimate of drug-likeness (QED) is 0.211. The molecule has 47 heavy (non-hydrogen) atoms. The second-order valence-corrected chi connectivity index (χ2v) is 12.7. The Balaban J connectivity index is 1.19. The van der Waals surface area contributed by atoms with Gasteiger partial charge in [0, 0.05) is 33.5 Å². The van der Waals surface area contributed by atoms with E-state index in [2.05, 4.69) is 180 Å². The first-order valence-electron chi connectivity index (χ1n) is 16.3. The van der Waals surface area contributed by atoms with Gasteiger partial charge in [0.2, 0.25) is 0 Å². The third kappa shape index (κ3) is 3.73. The van der Waals surface area contributed by atoms with Crippen molar-refractivity contribution in [1.82, 2.24) is 0 Å². The maximum Gasteiger partial charge on any atom is 0.0727 e. The lowest BCUT2D eigenvalue weighted by Crippen LogP contribution is -2.26. The highest BCUT2D eigenvalue weighted by atomic mass is 14.9. The molecular formula is C45H30N2. The summed E-state index contributed by atoms with van der Waals surface area (Å²) in [5.74, 6) is 0. The molecule has 0 aliphatic heterocycles. The maximum atomic E-state index is 3.81. The Morgan fingerprint density at radius 2 is 0.723 bits per heavy atom. The number of anilines is 4. The highest BCUT2D eigenvalue weighted by Gasteiger charge is 2.51.